The standard InChI is InChI=1S/C18H13N3O2/c1-23-18(22)15-8-5-9-16(21-12-13(10-19)11-20)17(15)14-6-3-2-4-7-14/h2-9,12,21H,1H3. The van der Waals surface area contributed by atoms with Crippen molar-refractivity contribution in [2.75, 3.05) is 12.4 Å². The average Bonchev–Trinajstić information content (AvgIpc) is 2.62. The van der Waals surface area contributed by atoms with Gasteiger partial charge in [-0.05, 0) is 17.7 Å². The summed E-state index contributed by atoms with van der Waals surface area (Å²) in [7, 11) is 1.32. The third kappa shape index (κ3) is 3.55. The first-order valence-corrected chi connectivity index (χ1v) is 6.75. The summed E-state index contributed by atoms with van der Waals surface area (Å²) in [6.45, 7) is 0. The lowest BCUT2D eigenvalue weighted by atomic mass is 9.97. The number of anilines is 1. The molecular formula is C18H13N3O2. The molecule has 0 aromatic heterocycles. The monoisotopic (exact) mass is 303 g/mol. The van der Waals surface area contributed by atoms with Crippen molar-refractivity contribution >= 4 is 11.7 Å². The highest BCUT2D eigenvalue weighted by Gasteiger charge is 2.16. The van der Waals surface area contributed by atoms with Gasteiger partial charge < -0.3 is 10.1 Å². The Hall–Kier alpha value is -3.57. The maximum atomic E-state index is 12.0. The SMILES string of the molecule is COC(=O)c1cccc(NC=C(C#N)C#N)c1-c1ccccc1. The number of ether oxygens (including phenoxy) is 1. The molecule has 23 heavy (non-hydrogen) atoms. The molecule has 5 nitrogen and oxygen atoms in total. The Balaban J connectivity index is 2.59. The molecule has 0 bridgehead atoms. The highest BCUT2D eigenvalue weighted by molar-refractivity contribution is 6.01. The highest BCUT2D eigenvalue weighted by Crippen LogP contribution is 2.32. The van der Waals surface area contributed by atoms with Gasteiger partial charge in [-0.1, -0.05) is 36.4 Å². The van der Waals surface area contributed by atoms with Crippen LogP contribution < -0.4 is 5.32 Å². The Kier molecular flexibility index (Phi) is 5.12. The predicted octanol–water partition coefficient (Wildman–Crippen LogP) is 3.48. The maximum Gasteiger partial charge on any atom is 0.338 e. The summed E-state index contributed by atoms with van der Waals surface area (Å²) in [5.74, 6) is -0.461. The van der Waals surface area contributed by atoms with Crippen molar-refractivity contribution < 1.29 is 9.53 Å². The number of nitrogens with one attached hydrogen (secondary N) is 1. The molecule has 0 amide bonds. The van der Waals surface area contributed by atoms with Gasteiger partial charge in [0, 0.05) is 17.5 Å². The van der Waals surface area contributed by atoms with Gasteiger partial charge in [0.15, 0.2) is 0 Å². The van der Waals surface area contributed by atoms with Crippen molar-refractivity contribution in [1.29, 1.82) is 10.5 Å². The predicted molar refractivity (Wildman–Crippen MR) is 86.1 cm³/mol. The highest BCUT2D eigenvalue weighted by atomic mass is 16.5. The number of nitrogens with zero attached hydrogens (tertiary/aromatic N) is 2. The van der Waals surface area contributed by atoms with Gasteiger partial charge in [0.25, 0.3) is 0 Å². The van der Waals surface area contributed by atoms with Crippen molar-refractivity contribution in [3.8, 4) is 23.3 Å². The summed E-state index contributed by atoms with van der Waals surface area (Å²) < 4.78 is 4.83. The summed E-state index contributed by atoms with van der Waals surface area (Å²) in [5, 5.41) is 20.6. The fourth-order valence-electron chi connectivity index (χ4n) is 2.11. The van der Waals surface area contributed by atoms with Crippen LogP contribution in [0.15, 0.2) is 60.3 Å². The number of methoxy groups -OCH3 is 1. The molecule has 0 heterocycles. The molecule has 2 rings (SSSR count). The van der Waals surface area contributed by atoms with E-state index in [1.54, 1.807) is 30.3 Å². The molecule has 112 valence electrons. The molecule has 0 aliphatic heterocycles. The van der Waals surface area contributed by atoms with E-state index in [9.17, 15) is 4.79 Å². The number of nitriles is 2. The fraction of sp³-hybridized carbons (Fsp3) is 0.0556. The van der Waals surface area contributed by atoms with E-state index >= 15 is 0 Å². The van der Waals surface area contributed by atoms with E-state index in [-0.39, 0.29) is 5.57 Å². The first-order valence-electron chi connectivity index (χ1n) is 6.75. The van der Waals surface area contributed by atoms with Crippen LogP contribution in [0.1, 0.15) is 10.4 Å². The van der Waals surface area contributed by atoms with Crippen LogP contribution >= 0.6 is 0 Å². The van der Waals surface area contributed by atoms with Crippen molar-refractivity contribution in [2.24, 2.45) is 0 Å². The Labute approximate surface area is 134 Å². The Bertz CT molecular complexity index is 812. The van der Waals surface area contributed by atoms with E-state index < -0.39 is 5.97 Å². The minimum Gasteiger partial charge on any atom is -0.465 e. The molecular weight excluding hydrogens is 290 g/mol. The van der Waals surface area contributed by atoms with Gasteiger partial charge in [-0.2, -0.15) is 10.5 Å². The normalized spacial score (nSPS) is 9.17. The Morgan fingerprint density at radius 1 is 1.09 bits per heavy atom. The summed E-state index contributed by atoms with van der Waals surface area (Å²) in [6, 6.07) is 18.0. The topological polar surface area (TPSA) is 85.9 Å². The molecule has 1 N–H and O–H groups in total. The van der Waals surface area contributed by atoms with Gasteiger partial charge in [0.05, 0.1) is 12.7 Å². The zero-order valence-electron chi connectivity index (χ0n) is 12.4. The van der Waals surface area contributed by atoms with Crippen LogP contribution in [-0.4, -0.2) is 13.1 Å². The van der Waals surface area contributed by atoms with Gasteiger partial charge in [-0.25, -0.2) is 4.79 Å². The van der Waals surface area contributed by atoms with Gasteiger partial charge >= 0.3 is 5.97 Å². The Morgan fingerprint density at radius 3 is 2.39 bits per heavy atom. The number of rotatable bonds is 4. The van der Waals surface area contributed by atoms with Crippen LogP contribution in [0.3, 0.4) is 0 Å². The molecule has 5 heteroatoms. The van der Waals surface area contributed by atoms with Crippen LogP contribution in [0.4, 0.5) is 5.69 Å². The number of benzene rings is 2. The van der Waals surface area contributed by atoms with Crippen LogP contribution in [0, 0.1) is 22.7 Å². The van der Waals surface area contributed by atoms with Crippen molar-refractivity contribution in [2.45, 2.75) is 0 Å². The Morgan fingerprint density at radius 2 is 1.78 bits per heavy atom. The van der Waals surface area contributed by atoms with Crippen molar-refractivity contribution in [3.63, 3.8) is 0 Å². The lowest BCUT2D eigenvalue weighted by Crippen LogP contribution is -2.05. The van der Waals surface area contributed by atoms with E-state index in [2.05, 4.69) is 5.32 Å². The average molecular weight is 303 g/mol. The smallest absolute Gasteiger partial charge is 0.338 e. The largest absolute Gasteiger partial charge is 0.465 e. The van der Waals surface area contributed by atoms with Crippen LogP contribution in [0.5, 0.6) is 0 Å². The van der Waals surface area contributed by atoms with Gasteiger partial charge in [0.1, 0.15) is 17.7 Å². The number of hydrogen-bond acceptors (Lipinski definition) is 5. The van der Waals surface area contributed by atoms with E-state index in [1.165, 1.54) is 13.3 Å². The third-order valence-corrected chi connectivity index (χ3v) is 3.15. The molecule has 0 aliphatic rings. The van der Waals surface area contributed by atoms with Crippen LogP contribution in [-0.2, 0) is 4.74 Å². The number of allylic oxidation sites excluding steroid dienone is 1. The molecule has 0 unspecified atom stereocenters. The molecule has 0 saturated heterocycles. The minimum absolute atomic E-state index is 0.0625. The first-order chi connectivity index (χ1) is 11.2. The van der Waals surface area contributed by atoms with E-state index in [0.717, 1.165) is 5.56 Å². The second-order valence-corrected chi connectivity index (χ2v) is 4.51. The summed E-state index contributed by atoms with van der Waals surface area (Å²) in [4.78, 5) is 12.0. The molecule has 2 aromatic rings. The molecule has 0 radical (unpaired) electrons. The van der Waals surface area contributed by atoms with Crippen molar-refractivity contribution in [3.05, 3.63) is 65.9 Å². The molecule has 0 spiro atoms. The number of esters is 1. The van der Waals surface area contributed by atoms with E-state index in [4.69, 9.17) is 15.3 Å². The number of hydrogen-bond donors (Lipinski definition) is 1. The molecule has 0 saturated carbocycles. The quantitative estimate of drug-likeness (QED) is 0.690. The lowest BCUT2D eigenvalue weighted by Gasteiger charge is -2.14. The van der Waals surface area contributed by atoms with Crippen LogP contribution in [0.2, 0.25) is 0 Å². The summed E-state index contributed by atoms with van der Waals surface area (Å²) >= 11 is 0. The summed E-state index contributed by atoms with van der Waals surface area (Å²) in [5.41, 5.74) is 2.40. The maximum absolute atomic E-state index is 12.0. The molecule has 0 aliphatic carbocycles. The first kappa shape index (κ1) is 15.8. The van der Waals surface area contributed by atoms with Gasteiger partial charge in [0.2, 0.25) is 0 Å². The molecule has 0 fully saturated rings. The fourth-order valence-corrected chi connectivity index (χ4v) is 2.11. The zero-order valence-corrected chi connectivity index (χ0v) is 12.4. The van der Waals surface area contributed by atoms with Gasteiger partial charge in [-0.15, -0.1) is 0 Å². The molecule has 2 aromatic carbocycles. The van der Waals surface area contributed by atoms with E-state index in [1.807, 2.05) is 30.3 Å². The van der Waals surface area contributed by atoms with Crippen molar-refractivity contribution in [1.82, 2.24) is 0 Å². The van der Waals surface area contributed by atoms with Gasteiger partial charge in [-0.3, -0.25) is 0 Å². The second kappa shape index (κ2) is 7.44. The molecule has 0 atom stereocenters. The zero-order chi connectivity index (χ0) is 16.7. The van der Waals surface area contributed by atoms with Crippen LogP contribution in [0.25, 0.3) is 11.1 Å². The van der Waals surface area contributed by atoms with E-state index in [0.29, 0.717) is 16.8 Å². The second-order valence-electron chi connectivity index (χ2n) is 4.51. The minimum atomic E-state index is -0.461. The lowest BCUT2D eigenvalue weighted by molar-refractivity contribution is 0.0601. The summed E-state index contributed by atoms with van der Waals surface area (Å²) in [6.07, 6.45) is 1.31. The number of carbonyl (C=O) groups excluding carboxylic acids is 1. The third-order valence-electron chi connectivity index (χ3n) is 3.15. The number of carbonyl (C=O) groups is 1.